The van der Waals surface area contributed by atoms with Crippen molar-refractivity contribution >= 4 is 33.1 Å². The second-order valence-corrected chi connectivity index (χ2v) is 9.33. The Morgan fingerprint density at radius 3 is 2.44 bits per heavy atom. The van der Waals surface area contributed by atoms with E-state index in [-0.39, 0.29) is 24.6 Å². The van der Waals surface area contributed by atoms with Crippen LogP contribution in [0.15, 0.2) is 53.4 Å². The summed E-state index contributed by atoms with van der Waals surface area (Å²) in [5, 5.41) is 8.77. The van der Waals surface area contributed by atoms with Gasteiger partial charge >= 0.3 is 6.18 Å². The van der Waals surface area contributed by atoms with E-state index >= 15 is 0 Å². The zero-order chi connectivity index (χ0) is 23.5. The van der Waals surface area contributed by atoms with Crippen LogP contribution in [0, 0.1) is 0 Å². The molecule has 0 aliphatic carbocycles. The molecule has 0 spiro atoms. The number of nitrogens with one attached hydrogen (secondary N) is 1. The quantitative estimate of drug-likeness (QED) is 0.642. The predicted molar refractivity (Wildman–Crippen MR) is 114 cm³/mol. The fourth-order valence-corrected chi connectivity index (χ4v) is 4.54. The van der Waals surface area contributed by atoms with Gasteiger partial charge in [0.1, 0.15) is 5.75 Å². The van der Waals surface area contributed by atoms with Crippen LogP contribution in [0.2, 0.25) is 5.02 Å². The van der Waals surface area contributed by atoms with Crippen LogP contribution in [-0.4, -0.2) is 44.0 Å². The molecule has 1 aliphatic heterocycles. The van der Waals surface area contributed by atoms with Crippen molar-refractivity contribution in [2.45, 2.75) is 23.9 Å². The maximum absolute atomic E-state index is 13.0. The second kappa shape index (κ2) is 9.51. The van der Waals surface area contributed by atoms with E-state index in [2.05, 4.69) is 4.72 Å². The van der Waals surface area contributed by atoms with Crippen LogP contribution in [-0.2, 0) is 21.0 Å². The number of phenolic OH excluding ortho intramolecular Hbond substituents is 1. The van der Waals surface area contributed by atoms with Gasteiger partial charge in [0.05, 0.1) is 15.5 Å². The number of hydrogen-bond donors (Lipinski definition) is 2. The number of carbonyl (C=O) groups is 1. The Balaban J connectivity index is 1.56. The molecular formula is C21H20ClF3N2O4S. The molecule has 0 atom stereocenters. The van der Waals surface area contributed by atoms with Gasteiger partial charge in [-0.1, -0.05) is 29.8 Å². The van der Waals surface area contributed by atoms with E-state index in [4.69, 9.17) is 11.6 Å². The molecule has 0 bridgehead atoms. The summed E-state index contributed by atoms with van der Waals surface area (Å²) in [7, 11) is -4.25. The van der Waals surface area contributed by atoms with Crippen LogP contribution in [0.5, 0.6) is 5.75 Å². The summed E-state index contributed by atoms with van der Waals surface area (Å²) >= 11 is 5.52. The highest BCUT2D eigenvalue weighted by Gasteiger charge is 2.34. The molecule has 0 unspecified atom stereocenters. The van der Waals surface area contributed by atoms with Gasteiger partial charge in [-0.3, -0.25) is 4.79 Å². The molecule has 0 aromatic heterocycles. The fourth-order valence-electron chi connectivity index (χ4n) is 3.26. The Morgan fingerprint density at radius 1 is 1.16 bits per heavy atom. The summed E-state index contributed by atoms with van der Waals surface area (Å²) in [5.74, 6) is -0.113. The molecule has 172 valence electrons. The van der Waals surface area contributed by atoms with Crippen molar-refractivity contribution < 1.29 is 31.5 Å². The second-order valence-electron chi connectivity index (χ2n) is 7.15. The molecule has 1 aliphatic rings. The molecule has 2 N–H and O–H groups in total. The number of hydrogen-bond acceptors (Lipinski definition) is 4. The number of sulfonamides is 1. The maximum Gasteiger partial charge on any atom is 0.417 e. The molecule has 1 amide bonds. The van der Waals surface area contributed by atoms with Gasteiger partial charge in [0.25, 0.3) is 0 Å². The van der Waals surface area contributed by atoms with Gasteiger partial charge in [0.2, 0.25) is 15.9 Å². The van der Waals surface area contributed by atoms with E-state index in [9.17, 15) is 31.5 Å². The first-order valence-electron chi connectivity index (χ1n) is 9.60. The standard InChI is InChI=1S/C21H20ClF3N2O4S/c22-19-6-5-17(13-18(19)21(23,24)25)32(30,31)26-10-7-20(29)27-11-8-15(9-12-27)14-1-3-16(28)4-2-14/h1-6,8,13,26,28H,7,9-12H2. The van der Waals surface area contributed by atoms with E-state index in [0.717, 1.165) is 23.3 Å². The van der Waals surface area contributed by atoms with Crippen molar-refractivity contribution in [2.24, 2.45) is 0 Å². The number of phenols is 1. The normalized spacial score (nSPS) is 14.9. The van der Waals surface area contributed by atoms with Crippen molar-refractivity contribution in [1.82, 2.24) is 9.62 Å². The Labute approximate surface area is 188 Å². The summed E-state index contributed by atoms with van der Waals surface area (Å²) in [6.45, 7) is 0.550. The Kier molecular flexibility index (Phi) is 7.16. The first-order chi connectivity index (χ1) is 15.0. The molecule has 0 radical (unpaired) electrons. The van der Waals surface area contributed by atoms with Gasteiger partial charge in [-0.05, 0) is 47.9 Å². The third kappa shape index (κ3) is 5.81. The fraction of sp³-hybridized carbons (Fsp3) is 0.286. The number of alkyl halides is 3. The Bertz CT molecular complexity index is 1130. The number of nitrogens with zero attached hydrogens (tertiary/aromatic N) is 1. The molecular weight excluding hydrogens is 469 g/mol. The smallest absolute Gasteiger partial charge is 0.417 e. The minimum absolute atomic E-state index is 0.138. The van der Waals surface area contributed by atoms with Crippen molar-refractivity contribution in [2.75, 3.05) is 19.6 Å². The van der Waals surface area contributed by atoms with Crippen LogP contribution in [0.4, 0.5) is 13.2 Å². The summed E-state index contributed by atoms with van der Waals surface area (Å²) in [5.41, 5.74) is 0.740. The number of benzene rings is 2. The van der Waals surface area contributed by atoms with Crippen LogP contribution in [0.3, 0.4) is 0 Å². The third-order valence-corrected chi connectivity index (χ3v) is 6.77. The monoisotopic (exact) mass is 488 g/mol. The van der Waals surface area contributed by atoms with Gasteiger partial charge in [0.15, 0.2) is 0 Å². The number of rotatable bonds is 6. The lowest BCUT2D eigenvalue weighted by molar-refractivity contribution is -0.137. The topological polar surface area (TPSA) is 86.7 Å². The van der Waals surface area contributed by atoms with Crippen molar-refractivity contribution in [3.8, 4) is 5.75 Å². The Hall–Kier alpha value is -2.56. The molecule has 32 heavy (non-hydrogen) atoms. The van der Waals surface area contributed by atoms with Crippen molar-refractivity contribution in [3.05, 3.63) is 64.7 Å². The number of amides is 1. The highest BCUT2D eigenvalue weighted by Crippen LogP contribution is 2.35. The van der Waals surface area contributed by atoms with Crippen LogP contribution >= 0.6 is 11.6 Å². The van der Waals surface area contributed by atoms with Crippen molar-refractivity contribution in [3.63, 3.8) is 0 Å². The van der Waals surface area contributed by atoms with Gasteiger partial charge in [-0.25, -0.2) is 13.1 Å². The van der Waals surface area contributed by atoms with E-state index in [1.165, 1.54) is 0 Å². The molecule has 6 nitrogen and oxygen atoms in total. The average molecular weight is 489 g/mol. The van der Waals surface area contributed by atoms with Gasteiger partial charge in [-0.2, -0.15) is 13.2 Å². The Morgan fingerprint density at radius 2 is 1.84 bits per heavy atom. The van der Waals surface area contributed by atoms with E-state index in [1.54, 1.807) is 29.2 Å². The molecule has 2 aromatic carbocycles. The molecule has 0 fully saturated rings. The van der Waals surface area contributed by atoms with Gasteiger partial charge in [-0.15, -0.1) is 0 Å². The zero-order valence-corrected chi connectivity index (χ0v) is 18.3. The third-order valence-electron chi connectivity index (χ3n) is 4.98. The van der Waals surface area contributed by atoms with Crippen molar-refractivity contribution in [1.29, 1.82) is 0 Å². The van der Waals surface area contributed by atoms with E-state index < -0.39 is 31.7 Å². The summed E-state index contributed by atoms with van der Waals surface area (Å²) < 4.78 is 65.7. The predicted octanol–water partition coefficient (Wildman–Crippen LogP) is 4.05. The van der Waals surface area contributed by atoms with Gasteiger partial charge in [0, 0.05) is 26.1 Å². The lowest BCUT2D eigenvalue weighted by atomic mass is 9.99. The first-order valence-corrected chi connectivity index (χ1v) is 11.5. The lowest BCUT2D eigenvalue weighted by Crippen LogP contribution is -2.37. The van der Waals surface area contributed by atoms with E-state index in [1.807, 2.05) is 6.08 Å². The number of aromatic hydroxyl groups is 1. The minimum atomic E-state index is -4.79. The first kappa shape index (κ1) is 24.1. The summed E-state index contributed by atoms with van der Waals surface area (Å²) in [6.07, 6.45) is -2.43. The maximum atomic E-state index is 13.0. The van der Waals surface area contributed by atoms with Crippen LogP contribution < -0.4 is 4.72 Å². The van der Waals surface area contributed by atoms with Crippen LogP contribution in [0.25, 0.3) is 5.57 Å². The largest absolute Gasteiger partial charge is 0.508 e. The molecule has 0 saturated heterocycles. The molecule has 3 rings (SSSR count). The number of halogens is 4. The molecule has 1 heterocycles. The molecule has 11 heteroatoms. The SMILES string of the molecule is O=C(CCNS(=O)(=O)c1ccc(Cl)c(C(F)(F)F)c1)N1CC=C(c2ccc(O)cc2)CC1. The summed E-state index contributed by atoms with van der Waals surface area (Å²) in [6, 6.07) is 9.05. The number of carbonyl (C=O) groups excluding carboxylic acids is 1. The highest BCUT2D eigenvalue weighted by atomic mass is 35.5. The summed E-state index contributed by atoms with van der Waals surface area (Å²) in [4.78, 5) is 13.4. The zero-order valence-electron chi connectivity index (χ0n) is 16.7. The van der Waals surface area contributed by atoms with Gasteiger partial charge < -0.3 is 10.0 Å². The van der Waals surface area contributed by atoms with E-state index in [0.29, 0.717) is 25.6 Å². The van der Waals surface area contributed by atoms with Crippen LogP contribution in [0.1, 0.15) is 24.0 Å². The molecule has 0 saturated carbocycles. The highest BCUT2D eigenvalue weighted by molar-refractivity contribution is 7.89. The molecule has 2 aromatic rings. The minimum Gasteiger partial charge on any atom is -0.508 e. The average Bonchev–Trinajstić information content (AvgIpc) is 2.73. The lowest BCUT2D eigenvalue weighted by Gasteiger charge is -2.27.